The van der Waals surface area contributed by atoms with Crippen LogP contribution in [0.5, 0.6) is 11.5 Å². The van der Waals surface area contributed by atoms with Crippen LogP contribution in [-0.4, -0.2) is 160 Å². The maximum Gasteiger partial charge on any atom is 0.524 e. The number of phosphoric ester groups is 1. The molecule has 4 N–H and O–H groups in total. The number of carboxylic acid groups (broad SMARTS) is 1. The van der Waals surface area contributed by atoms with E-state index < -0.39 is 48.8 Å². The summed E-state index contributed by atoms with van der Waals surface area (Å²) >= 11 is 13.1. The lowest BCUT2D eigenvalue weighted by molar-refractivity contribution is -0.205. The number of hydrogen-bond donors (Lipinski definition) is 4. The molecule has 26 heteroatoms. The topological polar surface area (TPSA) is 270 Å². The molecule has 4 aromatic rings. The van der Waals surface area contributed by atoms with Gasteiger partial charge in [-0.05, 0) is 60.9 Å². The van der Waals surface area contributed by atoms with Gasteiger partial charge in [0.05, 0.1) is 22.2 Å². The molecule has 81 heavy (non-hydrogen) atoms. The first-order chi connectivity index (χ1) is 38.6. The molecule has 0 saturated heterocycles. The molecule has 3 aliphatic heterocycles. The Hall–Kier alpha value is -6.07. The molecule has 0 aromatic heterocycles. The van der Waals surface area contributed by atoms with Gasteiger partial charge in [0.25, 0.3) is 11.8 Å². The summed E-state index contributed by atoms with van der Waals surface area (Å²) in [5.74, 6) is -2.63. The van der Waals surface area contributed by atoms with Gasteiger partial charge >= 0.3 is 26.0 Å². The van der Waals surface area contributed by atoms with Crippen LogP contribution in [-0.2, 0) is 38.1 Å². The molecule has 21 nitrogen and oxygen atoms in total. The van der Waals surface area contributed by atoms with Gasteiger partial charge in [0.2, 0.25) is 17.7 Å². The van der Waals surface area contributed by atoms with Gasteiger partial charge in [0.1, 0.15) is 24.1 Å². The zero-order valence-electron chi connectivity index (χ0n) is 44.5. The third-order valence-corrected chi connectivity index (χ3v) is 19.6. The number of nitrogens with zero attached hydrogens (tertiary/aromatic N) is 5. The summed E-state index contributed by atoms with van der Waals surface area (Å²) in [6.07, 6.45) is 3.56. The van der Waals surface area contributed by atoms with Crippen molar-refractivity contribution in [3.05, 3.63) is 83.9 Å². The molecule has 4 unspecified atom stereocenters. The Labute approximate surface area is 484 Å². The normalized spacial score (nSPS) is 21.2. The Morgan fingerprint density at radius 1 is 0.765 bits per heavy atom. The Kier molecular flexibility index (Phi) is 17.9. The lowest BCUT2D eigenvalue weighted by Gasteiger charge is -2.69. The number of rotatable bonds is 24. The minimum absolute atomic E-state index is 0.00726. The summed E-state index contributed by atoms with van der Waals surface area (Å²) < 4.78 is 28.7. The second kappa shape index (κ2) is 24.4. The van der Waals surface area contributed by atoms with Crippen LogP contribution >= 0.6 is 52.6 Å². The quantitative estimate of drug-likeness (QED) is 0.0170. The number of carbonyl (C=O) groups excluding carboxylic acids is 7. The van der Waals surface area contributed by atoms with Crippen LogP contribution in [0.2, 0.25) is 0 Å². The van der Waals surface area contributed by atoms with E-state index in [-0.39, 0.29) is 115 Å². The number of carboxylic acids is 1. The van der Waals surface area contributed by atoms with Crippen molar-refractivity contribution in [3.8, 4) is 11.5 Å². The SMILES string of the molecule is CC(COC(=O)N(C)CCN(C)C(=O)Oc1cc2c(c3ccccc13)C(CCl)CN2C(=O)C12CC(C(=O)N3CC(CCl)c4c3cc(OP(=O)(O)O)c3ccccc43)(C1)C2)SSCC(NC(=O)CCCCCN1C(=O)C=CC1=O)C(=O)O. The van der Waals surface area contributed by atoms with Crippen molar-refractivity contribution < 1.29 is 71.8 Å². The van der Waals surface area contributed by atoms with Gasteiger partial charge < -0.3 is 44.0 Å². The highest BCUT2D eigenvalue weighted by Gasteiger charge is 2.76. The summed E-state index contributed by atoms with van der Waals surface area (Å²) in [7, 11) is 0.576. The minimum Gasteiger partial charge on any atom is -0.480 e. The average molecular weight is 1210 g/mol. The molecule has 6 aliphatic rings. The van der Waals surface area contributed by atoms with E-state index in [2.05, 4.69) is 5.32 Å². The van der Waals surface area contributed by atoms with E-state index in [1.54, 1.807) is 41.0 Å². The summed E-state index contributed by atoms with van der Waals surface area (Å²) in [6, 6.07) is 16.4. The number of fused-ring (bicyclic) bond motifs is 6. The molecule has 4 atom stereocenters. The van der Waals surface area contributed by atoms with E-state index in [9.17, 15) is 57.8 Å². The molecule has 7 amide bonds. The van der Waals surface area contributed by atoms with E-state index >= 15 is 0 Å². The molecule has 0 spiro atoms. The number of aliphatic carboxylic acids is 1. The number of anilines is 2. The van der Waals surface area contributed by atoms with Crippen molar-refractivity contribution in [2.24, 2.45) is 10.8 Å². The number of nitrogens with one attached hydrogen (secondary N) is 1. The van der Waals surface area contributed by atoms with Crippen LogP contribution in [0.3, 0.4) is 0 Å². The number of hydrogen-bond acceptors (Lipinski definition) is 14. The number of halogens is 2. The largest absolute Gasteiger partial charge is 0.524 e. The zero-order valence-corrected chi connectivity index (χ0v) is 48.6. The highest BCUT2D eigenvalue weighted by atomic mass is 35.5. The lowest BCUT2D eigenvalue weighted by Crippen LogP contribution is -2.73. The molecule has 3 saturated carbocycles. The first-order valence-electron chi connectivity index (χ1n) is 26.3. The molecular weight excluding hydrogens is 1150 g/mol. The van der Waals surface area contributed by atoms with E-state index in [0.717, 1.165) is 21.4 Å². The van der Waals surface area contributed by atoms with E-state index in [1.807, 2.05) is 30.3 Å². The smallest absolute Gasteiger partial charge is 0.480 e. The standard InChI is InChI=1S/C55H61Cl2N6O15PS2/c1-32(81-80-28-39(49(67)68)58-44(64)15-5-4-10-18-61-45(65)16-17-46(61)66)27-76-52(71)59(2)19-20-60(3)53(72)77-42-21-40-47(37-13-8-6-11-35(37)42)33(23-56)25-62(40)50(69)54-29-55(30-54,31-54)51(70)63-26-34(24-57)48-38-14-9-7-12-36(38)43(22-41(48)63)78-79(73,74)75/h6-9,11-14,16-17,21-22,32-34,39H,4-5,10,15,18-20,23-31H2,1-3H3,(H,58,64)(H,67,68)(H2,73,74,75). The fraction of sp³-hybridized carbons (Fsp3) is 0.455. The van der Waals surface area contributed by atoms with Gasteiger partial charge in [-0.1, -0.05) is 76.5 Å². The van der Waals surface area contributed by atoms with Gasteiger partial charge in [-0.2, -0.15) is 0 Å². The lowest BCUT2D eigenvalue weighted by atomic mass is 9.34. The van der Waals surface area contributed by atoms with Gasteiger partial charge in [-0.25, -0.2) is 18.9 Å². The Balaban J connectivity index is 0.761. The Morgan fingerprint density at radius 3 is 1.79 bits per heavy atom. The molecule has 2 bridgehead atoms. The number of amides is 7. The highest BCUT2D eigenvalue weighted by molar-refractivity contribution is 8.77. The first-order valence-corrected chi connectivity index (χ1v) is 31.3. The van der Waals surface area contributed by atoms with E-state index in [4.69, 9.17) is 37.2 Å². The number of unbranched alkanes of at least 4 members (excludes halogenated alkanes) is 2. The summed E-state index contributed by atoms with van der Waals surface area (Å²) in [5.41, 5.74) is 0.979. The highest BCUT2D eigenvalue weighted by Crippen LogP contribution is 2.75. The molecule has 432 valence electrons. The third-order valence-electron chi connectivity index (χ3n) is 15.6. The van der Waals surface area contributed by atoms with Gasteiger partial charge in [0.15, 0.2) is 0 Å². The second-order valence-corrected chi connectivity index (χ2v) is 26.0. The van der Waals surface area contributed by atoms with Crippen LogP contribution in [0.1, 0.15) is 74.8 Å². The van der Waals surface area contributed by atoms with Crippen molar-refractivity contribution >= 4 is 133 Å². The third kappa shape index (κ3) is 12.4. The summed E-state index contributed by atoms with van der Waals surface area (Å²) in [5, 5.41) is 14.5. The predicted molar refractivity (Wildman–Crippen MR) is 307 cm³/mol. The van der Waals surface area contributed by atoms with Crippen molar-refractivity contribution in [1.82, 2.24) is 20.0 Å². The van der Waals surface area contributed by atoms with Gasteiger partial charge in [-0.3, -0.25) is 38.7 Å². The number of benzene rings is 4. The van der Waals surface area contributed by atoms with Crippen LogP contribution in [0, 0.1) is 10.8 Å². The number of phosphoric acid groups is 1. The molecule has 3 heterocycles. The minimum atomic E-state index is -4.97. The van der Waals surface area contributed by atoms with Crippen molar-refractivity contribution in [2.45, 2.75) is 75.0 Å². The van der Waals surface area contributed by atoms with Crippen LogP contribution in [0.25, 0.3) is 21.5 Å². The Bertz CT molecular complexity index is 3250. The van der Waals surface area contributed by atoms with E-state index in [0.29, 0.717) is 66.1 Å². The molecule has 4 aromatic carbocycles. The van der Waals surface area contributed by atoms with Crippen LogP contribution < -0.4 is 24.4 Å². The van der Waals surface area contributed by atoms with E-state index in [1.165, 1.54) is 63.7 Å². The fourth-order valence-electron chi connectivity index (χ4n) is 11.6. The van der Waals surface area contributed by atoms with Gasteiger partial charge in [-0.15, -0.1) is 23.2 Å². The molecule has 10 rings (SSSR count). The van der Waals surface area contributed by atoms with Crippen LogP contribution in [0.4, 0.5) is 21.0 Å². The number of likely N-dealkylation sites (N-methyl/N-ethyl adjacent to an activating group) is 2. The summed E-state index contributed by atoms with van der Waals surface area (Å²) in [6.45, 7) is 2.70. The molecule has 0 radical (unpaired) electrons. The van der Waals surface area contributed by atoms with Gasteiger partial charge in [0, 0.05) is 123 Å². The number of imide groups is 1. The maximum absolute atomic E-state index is 14.8. The average Bonchev–Trinajstić information content (AvgIpc) is 4.25. The molecular formula is C55H61Cl2N6O15PS2. The van der Waals surface area contributed by atoms with Crippen molar-refractivity contribution in [1.29, 1.82) is 0 Å². The fourth-order valence-corrected chi connectivity index (χ4v) is 14.8. The first kappa shape index (κ1) is 59.5. The predicted octanol–water partition coefficient (Wildman–Crippen LogP) is 8.00. The molecule has 3 aliphatic carbocycles. The Morgan fingerprint density at radius 2 is 1.27 bits per heavy atom. The second-order valence-electron chi connectivity index (χ2n) is 21.3. The monoisotopic (exact) mass is 1210 g/mol. The maximum atomic E-state index is 14.8. The zero-order chi connectivity index (χ0) is 58.1. The molecule has 3 fully saturated rings. The summed E-state index contributed by atoms with van der Waals surface area (Å²) in [4.78, 5) is 131. The number of carbonyl (C=O) groups is 8. The van der Waals surface area contributed by atoms with Crippen molar-refractivity contribution in [3.63, 3.8) is 0 Å². The number of alkyl halides is 2. The van der Waals surface area contributed by atoms with Crippen LogP contribution in [0.15, 0.2) is 72.8 Å². The van der Waals surface area contributed by atoms with Crippen molar-refractivity contribution in [2.75, 3.05) is 80.7 Å². The number of ether oxygens (including phenoxy) is 2.